The van der Waals surface area contributed by atoms with Gasteiger partial charge in [0.2, 0.25) is 6.29 Å². The molecule has 132 valence electrons. The summed E-state index contributed by atoms with van der Waals surface area (Å²) >= 11 is 0. The molecule has 1 N–H and O–H groups in total. The van der Waals surface area contributed by atoms with Crippen molar-refractivity contribution >= 4 is 15.4 Å². The maximum atomic E-state index is 11.6. The van der Waals surface area contributed by atoms with Crippen molar-refractivity contribution in [2.24, 2.45) is 5.92 Å². The average molecular weight is 352 g/mol. The highest BCUT2D eigenvalue weighted by atomic mass is 32.2. The molecule has 0 radical (unpaired) electrons. The van der Waals surface area contributed by atoms with E-state index in [1.807, 2.05) is 20.8 Å². The number of ether oxygens (including phenoxy) is 2. The van der Waals surface area contributed by atoms with Crippen LogP contribution in [0.3, 0.4) is 0 Å². The zero-order valence-electron chi connectivity index (χ0n) is 14.4. The fourth-order valence-corrected chi connectivity index (χ4v) is 3.78. The number of rotatable bonds is 5. The molecule has 1 aromatic rings. The second kappa shape index (κ2) is 5.86. The third kappa shape index (κ3) is 3.36. The van der Waals surface area contributed by atoms with Gasteiger partial charge in [0.15, 0.2) is 15.6 Å². The molecule has 1 aromatic carbocycles. The van der Waals surface area contributed by atoms with Gasteiger partial charge in [0.25, 0.3) is 0 Å². The molecule has 1 aliphatic carbocycles. The van der Waals surface area contributed by atoms with Gasteiger partial charge in [-0.1, -0.05) is 12.1 Å². The summed E-state index contributed by atoms with van der Waals surface area (Å²) in [4.78, 5) is 0.262. The van der Waals surface area contributed by atoms with Crippen LogP contribution >= 0.6 is 0 Å². The lowest BCUT2D eigenvalue weighted by Gasteiger charge is -2.22. The zero-order valence-corrected chi connectivity index (χ0v) is 15.3. The molecule has 3 rings (SSSR count). The summed E-state index contributed by atoms with van der Waals surface area (Å²) < 4.78 is 35.0. The Morgan fingerprint density at radius 1 is 1.25 bits per heavy atom. The molecule has 2 unspecified atom stereocenters. The summed E-state index contributed by atoms with van der Waals surface area (Å²) in [5.74, 6) is 0.966. The summed E-state index contributed by atoms with van der Waals surface area (Å²) in [7, 11) is -3.25. The second-order valence-corrected chi connectivity index (χ2v) is 9.19. The molecule has 1 heterocycles. The largest absolute Gasteiger partial charge is 0.489 e. The van der Waals surface area contributed by atoms with Gasteiger partial charge >= 0.3 is 0 Å². The zero-order chi connectivity index (χ0) is 17.7. The predicted molar refractivity (Wildman–Crippen MR) is 90.9 cm³/mol. The van der Waals surface area contributed by atoms with Crippen molar-refractivity contribution in [3.63, 3.8) is 0 Å². The Labute approximate surface area is 143 Å². The summed E-state index contributed by atoms with van der Waals surface area (Å²) in [6.07, 6.45) is 2.39. The minimum Gasteiger partial charge on any atom is -0.489 e. The highest BCUT2D eigenvalue weighted by Gasteiger charge is 2.43. The van der Waals surface area contributed by atoms with Crippen LogP contribution in [0, 0.1) is 5.92 Å². The molecule has 0 aromatic heterocycles. The van der Waals surface area contributed by atoms with Gasteiger partial charge in [0.1, 0.15) is 0 Å². The fraction of sp³-hybridized carbons (Fsp3) is 0.556. The number of hydrogen-bond donors (Lipinski definition) is 1. The normalized spacial score (nSPS) is 25.0. The van der Waals surface area contributed by atoms with Crippen LogP contribution in [0.2, 0.25) is 0 Å². The van der Waals surface area contributed by atoms with Gasteiger partial charge in [0.05, 0.1) is 16.6 Å². The first kappa shape index (κ1) is 17.5. The molecule has 24 heavy (non-hydrogen) atoms. The molecule has 1 fully saturated rings. The molecule has 2 aliphatic rings. The molecule has 0 saturated heterocycles. The van der Waals surface area contributed by atoms with Crippen molar-refractivity contribution in [1.29, 1.82) is 0 Å². The van der Waals surface area contributed by atoms with Crippen LogP contribution in [0.15, 0.2) is 34.9 Å². The molecule has 0 spiro atoms. The monoisotopic (exact) mass is 352 g/mol. The standard InChI is InChI=1S/C18H24O5S/c1-11(12-5-6-12)22-16-15(18(2,3)23-17(16)19)13-7-9-14(10-8-13)24(4,20)21/h7-12,17,19H,5-6H2,1-4H3. The topological polar surface area (TPSA) is 72.8 Å². The van der Waals surface area contributed by atoms with Gasteiger partial charge < -0.3 is 14.6 Å². The fourth-order valence-electron chi connectivity index (χ4n) is 3.15. The van der Waals surface area contributed by atoms with Gasteiger partial charge in [-0.3, -0.25) is 0 Å². The first-order valence-corrected chi connectivity index (χ1v) is 10.1. The Kier molecular flexibility index (Phi) is 4.26. The van der Waals surface area contributed by atoms with Crippen molar-refractivity contribution in [1.82, 2.24) is 0 Å². The molecular weight excluding hydrogens is 328 g/mol. The average Bonchev–Trinajstić information content (AvgIpc) is 3.26. The van der Waals surface area contributed by atoms with E-state index in [4.69, 9.17) is 9.47 Å². The minimum atomic E-state index is -3.25. The maximum Gasteiger partial charge on any atom is 0.215 e. The van der Waals surface area contributed by atoms with Crippen molar-refractivity contribution in [3.05, 3.63) is 35.6 Å². The van der Waals surface area contributed by atoms with Gasteiger partial charge in [-0.05, 0) is 57.2 Å². The molecule has 0 bridgehead atoms. The third-order valence-corrected chi connectivity index (χ3v) is 5.78. The Hall–Kier alpha value is -1.37. The van der Waals surface area contributed by atoms with Crippen molar-refractivity contribution in [3.8, 4) is 0 Å². The molecule has 0 amide bonds. The van der Waals surface area contributed by atoms with Crippen molar-refractivity contribution < 1.29 is 23.0 Å². The summed E-state index contributed by atoms with van der Waals surface area (Å²) in [5.41, 5.74) is 0.842. The van der Waals surface area contributed by atoms with Crippen LogP contribution in [0.25, 0.3) is 5.57 Å². The van der Waals surface area contributed by atoms with Crippen LogP contribution in [0.5, 0.6) is 0 Å². The number of sulfone groups is 1. The molecule has 5 nitrogen and oxygen atoms in total. The Balaban J connectivity index is 2.00. The van der Waals surface area contributed by atoms with E-state index in [2.05, 4.69) is 0 Å². The van der Waals surface area contributed by atoms with E-state index in [0.29, 0.717) is 11.7 Å². The van der Waals surface area contributed by atoms with E-state index in [-0.39, 0.29) is 11.0 Å². The first-order valence-electron chi connectivity index (χ1n) is 8.17. The van der Waals surface area contributed by atoms with Crippen LogP contribution in [0.1, 0.15) is 39.2 Å². The summed E-state index contributed by atoms with van der Waals surface area (Å²) in [5, 5.41) is 10.3. The quantitative estimate of drug-likeness (QED) is 0.882. The lowest BCUT2D eigenvalue weighted by atomic mass is 9.91. The van der Waals surface area contributed by atoms with Gasteiger partial charge in [-0.2, -0.15) is 0 Å². The summed E-state index contributed by atoms with van der Waals surface area (Å²) in [6.45, 7) is 5.75. The van der Waals surface area contributed by atoms with E-state index < -0.39 is 21.7 Å². The smallest absolute Gasteiger partial charge is 0.215 e. The Morgan fingerprint density at radius 2 is 1.83 bits per heavy atom. The Morgan fingerprint density at radius 3 is 2.33 bits per heavy atom. The van der Waals surface area contributed by atoms with Gasteiger partial charge in [0, 0.05) is 11.8 Å². The van der Waals surface area contributed by atoms with E-state index in [1.165, 1.54) is 6.26 Å². The van der Waals surface area contributed by atoms with Crippen LogP contribution in [0.4, 0.5) is 0 Å². The lowest BCUT2D eigenvalue weighted by Crippen LogP contribution is -2.24. The number of hydrogen-bond acceptors (Lipinski definition) is 5. The van der Waals surface area contributed by atoms with E-state index in [1.54, 1.807) is 24.3 Å². The summed E-state index contributed by atoms with van der Waals surface area (Å²) in [6, 6.07) is 6.61. The second-order valence-electron chi connectivity index (χ2n) is 7.18. The Bertz CT molecular complexity index is 757. The highest BCUT2D eigenvalue weighted by molar-refractivity contribution is 7.90. The maximum absolute atomic E-state index is 11.6. The van der Waals surface area contributed by atoms with Crippen LogP contribution < -0.4 is 0 Å². The third-order valence-electron chi connectivity index (χ3n) is 4.65. The predicted octanol–water partition coefficient (Wildman–Crippen LogP) is 2.74. The molecule has 6 heteroatoms. The number of aliphatic hydroxyl groups excluding tert-OH is 1. The van der Waals surface area contributed by atoms with E-state index >= 15 is 0 Å². The lowest BCUT2D eigenvalue weighted by molar-refractivity contribution is -0.133. The first-order chi connectivity index (χ1) is 11.1. The van der Waals surface area contributed by atoms with Gasteiger partial charge in [-0.15, -0.1) is 0 Å². The van der Waals surface area contributed by atoms with E-state index in [0.717, 1.165) is 24.0 Å². The minimum absolute atomic E-state index is 0.0254. The van der Waals surface area contributed by atoms with Crippen molar-refractivity contribution in [2.45, 2.75) is 56.5 Å². The van der Waals surface area contributed by atoms with Crippen molar-refractivity contribution in [2.75, 3.05) is 6.26 Å². The van der Waals surface area contributed by atoms with Crippen LogP contribution in [-0.2, 0) is 19.3 Å². The SMILES string of the molecule is CC(OC1=C(c2ccc(S(C)(=O)=O)cc2)C(C)(C)OC1O)C1CC1. The number of aliphatic hydroxyl groups is 1. The molecule has 2 atom stereocenters. The molecule has 1 aliphatic heterocycles. The van der Waals surface area contributed by atoms with Crippen LogP contribution in [-0.4, -0.2) is 37.8 Å². The highest BCUT2D eigenvalue weighted by Crippen LogP contribution is 2.44. The number of benzene rings is 1. The molecular formula is C18H24O5S. The molecule has 1 saturated carbocycles. The van der Waals surface area contributed by atoms with Gasteiger partial charge in [-0.25, -0.2) is 8.42 Å². The van der Waals surface area contributed by atoms with E-state index in [9.17, 15) is 13.5 Å².